The molecule has 0 spiro atoms. The summed E-state index contributed by atoms with van der Waals surface area (Å²) in [5.41, 5.74) is 1.23. The molecule has 8 nitrogen and oxygen atoms in total. The van der Waals surface area contributed by atoms with Crippen LogP contribution in [-0.4, -0.2) is 43.3 Å². The lowest BCUT2D eigenvalue weighted by molar-refractivity contribution is -0.140. The van der Waals surface area contributed by atoms with Crippen molar-refractivity contribution in [1.82, 2.24) is 10.2 Å². The van der Waals surface area contributed by atoms with Crippen molar-refractivity contribution in [2.75, 3.05) is 10.8 Å². The Kier molecular flexibility index (Phi) is 10.6. The highest BCUT2D eigenvalue weighted by atomic mass is 35.5. The molecule has 4 aromatic rings. The van der Waals surface area contributed by atoms with Gasteiger partial charge in [0.1, 0.15) is 24.1 Å². The molecule has 0 saturated carbocycles. The fraction of sp³-hybridized carbons (Fsp3) is 0.257. The Balaban J connectivity index is 1.72. The topological polar surface area (TPSA) is 96.0 Å². The first-order valence-corrected chi connectivity index (χ1v) is 16.3. The van der Waals surface area contributed by atoms with Crippen LogP contribution in [-0.2, 0) is 26.2 Å². The van der Waals surface area contributed by atoms with Crippen LogP contribution >= 0.6 is 11.6 Å². The van der Waals surface area contributed by atoms with E-state index in [-0.39, 0.29) is 23.0 Å². The number of hydrogen-bond donors (Lipinski definition) is 1. The Bertz CT molecular complexity index is 1720. The quantitative estimate of drug-likeness (QED) is 0.190. The van der Waals surface area contributed by atoms with Crippen LogP contribution in [0.15, 0.2) is 108 Å². The molecule has 0 heterocycles. The smallest absolute Gasteiger partial charge is 0.264 e. The van der Waals surface area contributed by atoms with Gasteiger partial charge in [-0.2, -0.15) is 0 Å². The number of para-hydroxylation sites is 1. The lowest BCUT2D eigenvalue weighted by Crippen LogP contribution is -2.54. The Labute approximate surface area is 270 Å². The fourth-order valence-electron chi connectivity index (χ4n) is 4.54. The number of nitrogens with zero attached hydrogens (tertiary/aromatic N) is 2. The predicted octanol–water partition coefficient (Wildman–Crippen LogP) is 6.97. The van der Waals surface area contributed by atoms with Gasteiger partial charge < -0.3 is 15.0 Å². The second-order valence-corrected chi connectivity index (χ2v) is 14.0. The van der Waals surface area contributed by atoms with Crippen molar-refractivity contribution < 1.29 is 22.7 Å². The molecule has 236 valence electrons. The number of carbonyl (C=O) groups is 2. The molecule has 0 aliphatic heterocycles. The number of nitrogens with one attached hydrogen (secondary N) is 1. The van der Waals surface area contributed by atoms with Crippen molar-refractivity contribution >= 4 is 39.1 Å². The van der Waals surface area contributed by atoms with Gasteiger partial charge in [-0.15, -0.1) is 0 Å². The minimum atomic E-state index is -4.21. The fourth-order valence-corrected chi connectivity index (χ4v) is 6.15. The molecule has 0 saturated heterocycles. The van der Waals surface area contributed by atoms with Gasteiger partial charge in [-0.05, 0) is 94.8 Å². The predicted molar refractivity (Wildman–Crippen MR) is 178 cm³/mol. The van der Waals surface area contributed by atoms with E-state index in [4.69, 9.17) is 16.3 Å². The molecule has 4 rings (SSSR count). The number of ether oxygens (including phenoxy) is 1. The monoisotopic (exact) mass is 647 g/mol. The zero-order valence-corrected chi connectivity index (χ0v) is 27.6. The number of sulfonamides is 1. The van der Waals surface area contributed by atoms with E-state index < -0.39 is 34.1 Å². The summed E-state index contributed by atoms with van der Waals surface area (Å²) < 4.78 is 35.2. The van der Waals surface area contributed by atoms with Crippen LogP contribution in [0.4, 0.5) is 5.69 Å². The highest BCUT2D eigenvalue weighted by Crippen LogP contribution is 2.29. The maximum atomic E-state index is 14.2. The summed E-state index contributed by atoms with van der Waals surface area (Å²) in [6, 6.07) is 28.2. The van der Waals surface area contributed by atoms with Crippen LogP contribution in [0.1, 0.15) is 38.8 Å². The first-order valence-electron chi connectivity index (χ1n) is 14.5. The SMILES string of the molecule is Cc1ccc(S(=O)(=O)N(CC(=O)N(Cc2ccccc2Cl)[C@@H](C)C(=O)NC(C)(C)C)c2ccc(Oc3ccccc3)cc2)cc1. The summed E-state index contributed by atoms with van der Waals surface area (Å²) in [7, 11) is -4.21. The van der Waals surface area contributed by atoms with Gasteiger partial charge in [0, 0.05) is 17.1 Å². The van der Waals surface area contributed by atoms with Crippen molar-refractivity contribution in [3.05, 3.63) is 119 Å². The van der Waals surface area contributed by atoms with Crippen LogP contribution in [0.3, 0.4) is 0 Å². The van der Waals surface area contributed by atoms with E-state index in [1.807, 2.05) is 58.0 Å². The highest BCUT2D eigenvalue weighted by Gasteiger charge is 2.33. The van der Waals surface area contributed by atoms with E-state index in [9.17, 15) is 18.0 Å². The Morgan fingerprint density at radius 1 is 0.844 bits per heavy atom. The van der Waals surface area contributed by atoms with Gasteiger partial charge in [-0.25, -0.2) is 8.42 Å². The van der Waals surface area contributed by atoms with Crippen molar-refractivity contribution in [2.45, 2.75) is 57.6 Å². The molecule has 1 atom stereocenters. The molecule has 10 heteroatoms. The average Bonchev–Trinajstić information content (AvgIpc) is 2.99. The Morgan fingerprint density at radius 2 is 1.42 bits per heavy atom. The van der Waals surface area contributed by atoms with E-state index in [1.165, 1.54) is 17.0 Å². The number of anilines is 1. The van der Waals surface area contributed by atoms with E-state index >= 15 is 0 Å². The third-order valence-corrected chi connectivity index (χ3v) is 9.11. The van der Waals surface area contributed by atoms with Crippen LogP contribution < -0.4 is 14.4 Å². The number of carbonyl (C=O) groups excluding carboxylic acids is 2. The highest BCUT2D eigenvalue weighted by molar-refractivity contribution is 7.92. The number of rotatable bonds is 11. The maximum absolute atomic E-state index is 14.2. The second kappa shape index (κ2) is 14.2. The summed E-state index contributed by atoms with van der Waals surface area (Å²) in [6.45, 7) is 8.45. The molecule has 0 aromatic heterocycles. The lowest BCUT2D eigenvalue weighted by Gasteiger charge is -2.33. The number of hydrogen-bond acceptors (Lipinski definition) is 5. The molecule has 45 heavy (non-hydrogen) atoms. The number of aryl methyl sites for hydroxylation is 1. The molecule has 0 aliphatic rings. The molecule has 2 amide bonds. The summed E-state index contributed by atoms with van der Waals surface area (Å²) in [5, 5.41) is 3.34. The minimum absolute atomic E-state index is 0.000487. The van der Waals surface area contributed by atoms with Crippen LogP contribution in [0, 0.1) is 6.92 Å². The molecule has 1 N–H and O–H groups in total. The molecular formula is C35H38ClN3O5S. The number of amides is 2. The van der Waals surface area contributed by atoms with Crippen LogP contribution in [0.5, 0.6) is 11.5 Å². The van der Waals surface area contributed by atoms with Gasteiger partial charge in [0.25, 0.3) is 10.0 Å². The Morgan fingerprint density at radius 3 is 2.02 bits per heavy atom. The van der Waals surface area contributed by atoms with Crippen LogP contribution in [0.25, 0.3) is 0 Å². The molecule has 0 bridgehead atoms. The van der Waals surface area contributed by atoms with E-state index in [1.54, 1.807) is 67.6 Å². The summed E-state index contributed by atoms with van der Waals surface area (Å²) >= 11 is 6.45. The van der Waals surface area contributed by atoms with Gasteiger partial charge in [-0.3, -0.25) is 13.9 Å². The molecular weight excluding hydrogens is 610 g/mol. The minimum Gasteiger partial charge on any atom is -0.457 e. The first kappa shape index (κ1) is 33.6. The number of halogens is 1. The third-order valence-electron chi connectivity index (χ3n) is 6.96. The van der Waals surface area contributed by atoms with Crippen molar-refractivity contribution in [1.29, 1.82) is 0 Å². The standard InChI is InChI=1S/C35H38ClN3O5S/c1-25-15-21-31(22-16-25)45(42,43)39(28-17-19-30(20-18-28)44-29-12-7-6-8-13-29)24-33(40)38(23-27-11-9-10-14-32(27)36)26(2)34(41)37-35(3,4)5/h6-22,26H,23-24H2,1-5H3,(H,37,41)/t26-/m0/s1. The Hall–Kier alpha value is -4.34. The lowest BCUT2D eigenvalue weighted by atomic mass is 10.1. The van der Waals surface area contributed by atoms with Gasteiger partial charge in [0.2, 0.25) is 11.8 Å². The van der Waals surface area contributed by atoms with Crippen molar-refractivity contribution in [3.8, 4) is 11.5 Å². The molecule has 0 aliphatic carbocycles. The van der Waals surface area contributed by atoms with E-state index in [0.29, 0.717) is 22.1 Å². The average molecular weight is 648 g/mol. The largest absolute Gasteiger partial charge is 0.457 e. The van der Waals surface area contributed by atoms with E-state index in [0.717, 1.165) is 9.87 Å². The second-order valence-electron chi connectivity index (χ2n) is 11.8. The summed E-state index contributed by atoms with van der Waals surface area (Å²) in [6.07, 6.45) is 0. The van der Waals surface area contributed by atoms with Crippen LogP contribution in [0.2, 0.25) is 5.02 Å². The first-order chi connectivity index (χ1) is 21.2. The van der Waals surface area contributed by atoms with Gasteiger partial charge in [-0.1, -0.05) is 65.7 Å². The number of benzene rings is 4. The summed E-state index contributed by atoms with van der Waals surface area (Å²) in [4.78, 5) is 28.8. The zero-order valence-electron chi connectivity index (χ0n) is 26.0. The van der Waals surface area contributed by atoms with Crippen molar-refractivity contribution in [3.63, 3.8) is 0 Å². The molecule has 0 unspecified atom stereocenters. The van der Waals surface area contributed by atoms with Gasteiger partial charge in [0.15, 0.2) is 0 Å². The van der Waals surface area contributed by atoms with Gasteiger partial charge in [0.05, 0.1) is 10.6 Å². The van der Waals surface area contributed by atoms with Gasteiger partial charge >= 0.3 is 0 Å². The molecule has 0 fully saturated rings. The molecule has 4 aromatic carbocycles. The molecule has 0 radical (unpaired) electrons. The third kappa shape index (κ3) is 8.86. The summed E-state index contributed by atoms with van der Waals surface area (Å²) in [5.74, 6) is 0.170. The normalized spacial score (nSPS) is 12.2. The van der Waals surface area contributed by atoms with E-state index in [2.05, 4.69) is 5.32 Å². The zero-order chi connectivity index (χ0) is 32.8. The maximum Gasteiger partial charge on any atom is 0.264 e. The van der Waals surface area contributed by atoms with Crippen molar-refractivity contribution in [2.24, 2.45) is 0 Å².